The van der Waals surface area contributed by atoms with Gasteiger partial charge in [0.15, 0.2) is 6.29 Å². The minimum atomic E-state index is -1.75. The van der Waals surface area contributed by atoms with Gasteiger partial charge in [-0.05, 0) is 31.6 Å². The molecule has 0 unspecified atom stereocenters. The highest BCUT2D eigenvalue weighted by Gasteiger charge is 2.48. The summed E-state index contributed by atoms with van der Waals surface area (Å²) in [5.74, 6) is -8.33. The number of hydrogen-bond donors (Lipinski definition) is 6. The number of carboxylic acids is 2. The smallest absolute Gasteiger partial charge is 0.337 e. The maximum Gasteiger partial charge on any atom is 0.337 e. The molecule has 0 amide bonds. The van der Waals surface area contributed by atoms with Crippen LogP contribution >= 0.6 is 0 Å². The summed E-state index contributed by atoms with van der Waals surface area (Å²) in [6.07, 6.45) is -6.48. The van der Waals surface area contributed by atoms with Crippen LogP contribution < -0.4 is 0 Å². The second-order valence-corrected chi connectivity index (χ2v) is 10.6. The molecule has 0 aromatic carbocycles. The van der Waals surface area contributed by atoms with E-state index in [-0.39, 0.29) is 17.1 Å². The summed E-state index contributed by atoms with van der Waals surface area (Å²) in [7, 11) is 1.11. The highest BCUT2D eigenvalue weighted by molar-refractivity contribution is 5.90. The van der Waals surface area contributed by atoms with Crippen molar-refractivity contribution in [2.45, 2.75) is 70.1 Å². The van der Waals surface area contributed by atoms with Gasteiger partial charge < -0.3 is 54.3 Å². The molecule has 3 aliphatic rings. The van der Waals surface area contributed by atoms with Gasteiger partial charge in [0.1, 0.15) is 31.0 Å². The third kappa shape index (κ3) is 7.10. The molecule has 0 spiro atoms. The van der Waals surface area contributed by atoms with Crippen molar-refractivity contribution in [2.75, 3.05) is 20.3 Å². The van der Waals surface area contributed by atoms with Gasteiger partial charge in [0.05, 0.1) is 43.8 Å². The zero-order valence-corrected chi connectivity index (χ0v) is 23.4. The molecule has 0 aromatic rings. The maximum absolute atomic E-state index is 13.0. The Morgan fingerprint density at radius 3 is 2.36 bits per heavy atom. The highest BCUT2D eigenvalue weighted by atomic mass is 16.8. The number of methoxy groups -OCH3 is 1. The number of hydrogen-bond acceptors (Lipinski definition) is 13. The number of carbonyl (C=O) groups is 4. The number of carbonyl (C=O) groups excluding carboxylic acids is 2. The molecule has 0 aromatic heterocycles. The Labute approximate surface area is 241 Å². The molecule has 236 valence electrons. The number of carboxylic acid groups (broad SMARTS) is 2. The molecule has 15 nitrogen and oxygen atoms in total. The van der Waals surface area contributed by atoms with Crippen molar-refractivity contribution in [1.29, 1.82) is 0 Å². The lowest BCUT2D eigenvalue weighted by Gasteiger charge is -2.41. The Morgan fingerprint density at radius 2 is 1.79 bits per heavy atom. The number of aliphatic hydroxyl groups is 4. The van der Waals surface area contributed by atoms with Crippen molar-refractivity contribution in [3.63, 3.8) is 0 Å². The van der Waals surface area contributed by atoms with E-state index in [0.717, 1.165) is 13.4 Å². The van der Waals surface area contributed by atoms with Gasteiger partial charge in [0.2, 0.25) is 6.29 Å². The first-order valence-electron chi connectivity index (χ1n) is 13.5. The average molecular weight is 603 g/mol. The summed E-state index contributed by atoms with van der Waals surface area (Å²) in [6.45, 7) is 2.01. The van der Waals surface area contributed by atoms with Crippen LogP contribution in [0.3, 0.4) is 0 Å². The van der Waals surface area contributed by atoms with E-state index in [1.165, 1.54) is 6.08 Å². The van der Waals surface area contributed by atoms with E-state index in [2.05, 4.69) is 0 Å². The standard InChI is InChI=1S/C27H38O15/c1-4-12-14(7-18(29)39-9-15(23(33)34)13-6-5-11(2)19(13)24(35)36)16(25(37)38-3)10-40-26(12)42-27-22(32)21(31)20(30)17(8-28)41-27/h4,10-11,13-15,17,19-22,26-28,30-32H,5-9H2,1-3H3,(H,33,34)(H,35,36)/b12-4+/t11-,13+,14-,15+,17+,19-,20+,21+,22+,26-,27-/m0/s1. The third-order valence-electron chi connectivity index (χ3n) is 8.17. The summed E-state index contributed by atoms with van der Waals surface area (Å²) in [5, 5.41) is 59.3. The number of ether oxygens (including phenoxy) is 5. The van der Waals surface area contributed by atoms with Gasteiger partial charge in [-0.3, -0.25) is 14.4 Å². The average Bonchev–Trinajstić information content (AvgIpc) is 3.33. The monoisotopic (exact) mass is 602 g/mol. The fourth-order valence-corrected chi connectivity index (χ4v) is 5.83. The van der Waals surface area contributed by atoms with Gasteiger partial charge in [0, 0.05) is 11.5 Å². The summed E-state index contributed by atoms with van der Waals surface area (Å²) < 4.78 is 26.7. The number of allylic oxidation sites excluding steroid dienone is 1. The molecule has 11 atom stereocenters. The van der Waals surface area contributed by atoms with E-state index in [0.29, 0.717) is 12.8 Å². The van der Waals surface area contributed by atoms with Crippen molar-refractivity contribution >= 4 is 23.9 Å². The molecule has 2 heterocycles. The van der Waals surface area contributed by atoms with Crippen molar-refractivity contribution < 1.29 is 73.5 Å². The number of rotatable bonds is 11. The molecule has 1 saturated heterocycles. The Morgan fingerprint density at radius 1 is 1.10 bits per heavy atom. The molecule has 0 radical (unpaired) electrons. The normalized spacial score (nSPS) is 36.5. The molecule has 0 bridgehead atoms. The molecule has 3 rings (SSSR count). The zero-order chi connectivity index (χ0) is 31.3. The van der Waals surface area contributed by atoms with E-state index >= 15 is 0 Å². The minimum Gasteiger partial charge on any atom is -0.481 e. The summed E-state index contributed by atoms with van der Waals surface area (Å²) in [5.41, 5.74) is 0.0960. The van der Waals surface area contributed by atoms with E-state index < -0.39 is 104 Å². The second kappa shape index (κ2) is 14.4. The van der Waals surface area contributed by atoms with E-state index in [4.69, 9.17) is 23.7 Å². The molecular weight excluding hydrogens is 564 g/mol. The lowest BCUT2D eigenvalue weighted by molar-refractivity contribution is -0.327. The fourth-order valence-electron chi connectivity index (χ4n) is 5.83. The number of aliphatic carboxylic acids is 2. The topological polar surface area (TPSA) is 236 Å². The molecule has 2 aliphatic heterocycles. The fraction of sp³-hybridized carbons (Fsp3) is 0.704. The van der Waals surface area contributed by atoms with Crippen LogP contribution in [0.4, 0.5) is 0 Å². The van der Waals surface area contributed by atoms with Crippen LogP contribution in [-0.2, 0) is 42.9 Å². The van der Waals surface area contributed by atoms with Crippen LogP contribution in [0.25, 0.3) is 0 Å². The summed E-state index contributed by atoms with van der Waals surface area (Å²) >= 11 is 0. The van der Waals surface area contributed by atoms with E-state index in [1.54, 1.807) is 13.8 Å². The van der Waals surface area contributed by atoms with E-state index in [1.807, 2.05) is 0 Å². The summed E-state index contributed by atoms with van der Waals surface area (Å²) in [4.78, 5) is 49.3. The SMILES string of the molecule is C/C=C1/[C@H](O[C@@H]2O[C@H](CO)[C@@H](O)[C@@H](O)[C@H]2O)OC=C(C(=O)OC)[C@H]1CC(=O)OC[C@@H](C(=O)O)[C@H]1CC[C@H](C)[C@@H]1C(=O)O. The molecule has 1 aliphatic carbocycles. The lowest BCUT2D eigenvalue weighted by Crippen LogP contribution is -2.60. The first kappa shape index (κ1) is 33.4. The highest BCUT2D eigenvalue weighted by Crippen LogP contribution is 2.42. The van der Waals surface area contributed by atoms with Crippen LogP contribution in [-0.4, -0.2) is 112 Å². The Hall–Kier alpha value is -3.08. The molecule has 6 N–H and O–H groups in total. The van der Waals surface area contributed by atoms with Crippen LogP contribution in [0.15, 0.2) is 23.5 Å². The molecular formula is C27H38O15. The van der Waals surface area contributed by atoms with Crippen molar-refractivity contribution in [1.82, 2.24) is 0 Å². The second-order valence-electron chi connectivity index (χ2n) is 10.6. The first-order valence-corrected chi connectivity index (χ1v) is 13.5. The predicted octanol–water partition coefficient (Wildman–Crippen LogP) is -0.840. The van der Waals surface area contributed by atoms with Crippen LogP contribution in [0, 0.1) is 29.6 Å². The third-order valence-corrected chi connectivity index (χ3v) is 8.17. The molecule has 15 heteroatoms. The van der Waals surface area contributed by atoms with Crippen LogP contribution in [0.5, 0.6) is 0 Å². The van der Waals surface area contributed by atoms with Crippen LogP contribution in [0.2, 0.25) is 0 Å². The van der Waals surface area contributed by atoms with Gasteiger partial charge in [-0.2, -0.15) is 0 Å². The van der Waals surface area contributed by atoms with Gasteiger partial charge in [-0.25, -0.2) is 4.79 Å². The number of esters is 2. The maximum atomic E-state index is 13.0. The van der Waals surface area contributed by atoms with Crippen LogP contribution in [0.1, 0.15) is 33.1 Å². The quantitative estimate of drug-likeness (QED) is 0.125. The molecule has 42 heavy (non-hydrogen) atoms. The van der Waals surface area contributed by atoms with Crippen molar-refractivity contribution in [2.24, 2.45) is 29.6 Å². The predicted molar refractivity (Wildman–Crippen MR) is 137 cm³/mol. The molecule has 2 fully saturated rings. The first-order chi connectivity index (χ1) is 19.9. The Balaban J connectivity index is 1.77. The summed E-state index contributed by atoms with van der Waals surface area (Å²) in [6, 6.07) is 0. The molecule has 1 saturated carbocycles. The van der Waals surface area contributed by atoms with Gasteiger partial charge >= 0.3 is 23.9 Å². The van der Waals surface area contributed by atoms with Gasteiger partial charge in [0.25, 0.3) is 0 Å². The largest absolute Gasteiger partial charge is 0.481 e. The van der Waals surface area contributed by atoms with Gasteiger partial charge in [-0.1, -0.05) is 13.0 Å². The Bertz CT molecular complexity index is 1070. The lowest BCUT2D eigenvalue weighted by atomic mass is 9.81. The zero-order valence-electron chi connectivity index (χ0n) is 23.4. The van der Waals surface area contributed by atoms with Gasteiger partial charge in [-0.15, -0.1) is 0 Å². The number of aliphatic hydroxyl groups excluding tert-OH is 4. The Kier molecular flexibility index (Phi) is 11.5. The van der Waals surface area contributed by atoms with Crippen molar-refractivity contribution in [3.05, 3.63) is 23.5 Å². The van der Waals surface area contributed by atoms with Crippen molar-refractivity contribution in [3.8, 4) is 0 Å². The minimum absolute atomic E-state index is 0.0958. The van der Waals surface area contributed by atoms with E-state index in [9.17, 15) is 49.8 Å².